The molecule has 1 aliphatic carbocycles. The highest BCUT2D eigenvalue weighted by atomic mass is 14.2. The third kappa shape index (κ3) is 4.51. The third-order valence-electron chi connectivity index (χ3n) is 4.96. The van der Waals surface area contributed by atoms with Gasteiger partial charge in [-0.2, -0.15) is 0 Å². The Hall–Kier alpha value is -1.04. The van der Waals surface area contributed by atoms with Crippen LogP contribution >= 0.6 is 0 Å². The van der Waals surface area contributed by atoms with Gasteiger partial charge in [-0.25, -0.2) is 0 Å². The number of hydrogen-bond acceptors (Lipinski definition) is 0. The molecule has 0 heteroatoms. The van der Waals surface area contributed by atoms with E-state index in [1.54, 1.807) is 0 Å². The molecule has 3 atom stereocenters. The first-order valence-electron chi connectivity index (χ1n) is 8.41. The zero-order valence-electron chi connectivity index (χ0n) is 13.3. The lowest BCUT2D eigenvalue weighted by molar-refractivity contribution is 0.330. The van der Waals surface area contributed by atoms with E-state index < -0.39 is 0 Å². The van der Waals surface area contributed by atoms with Crippen LogP contribution in [-0.4, -0.2) is 0 Å². The van der Waals surface area contributed by atoms with Gasteiger partial charge in [-0.3, -0.25) is 0 Å². The minimum atomic E-state index is 0.768. The fourth-order valence-corrected chi connectivity index (χ4v) is 3.67. The molecule has 0 aromatic heterocycles. The molecule has 1 fully saturated rings. The summed E-state index contributed by atoms with van der Waals surface area (Å²) in [5.74, 6) is 2.58. The van der Waals surface area contributed by atoms with Gasteiger partial charge in [0.15, 0.2) is 0 Å². The molecule has 1 saturated carbocycles. The molecular formula is C20H30. The molecule has 1 aromatic rings. The van der Waals surface area contributed by atoms with Gasteiger partial charge in [0.25, 0.3) is 0 Å². The van der Waals surface area contributed by atoms with Crippen LogP contribution in [0.15, 0.2) is 30.8 Å². The summed E-state index contributed by atoms with van der Waals surface area (Å²) in [6.07, 6.45) is 11.7. The van der Waals surface area contributed by atoms with Gasteiger partial charge in [0.2, 0.25) is 0 Å². The maximum atomic E-state index is 3.84. The van der Waals surface area contributed by atoms with Crippen LogP contribution in [0.5, 0.6) is 0 Å². The molecule has 110 valence electrons. The molecule has 0 N–H and O–H groups in total. The van der Waals surface area contributed by atoms with Crippen LogP contribution in [0.2, 0.25) is 0 Å². The highest BCUT2D eigenvalue weighted by molar-refractivity contribution is 5.47. The van der Waals surface area contributed by atoms with Crippen molar-refractivity contribution in [2.45, 2.75) is 64.7 Å². The first-order valence-corrected chi connectivity index (χ1v) is 8.41. The fourth-order valence-electron chi connectivity index (χ4n) is 3.67. The zero-order chi connectivity index (χ0) is 14.4. The summed E-state index contributed by atoms with van der Waals surface area (Å²) in [6.45, 7) is 8.71. The van der Waals surface area contributed by atoms with Gasteiger partial charge in [0.05, 0.1) is 0 Å². The van der Waals surface area contributed by atoms with Crippen LogP contribution in [0.1, 0.15) is 75.8 Å². The highest BCUT2D eigenvalue weighted by Gasteiger charge is 2.17. The monoisotopic (exact) mass is 270 g/mol. The van der Waals surface area contributed by atoms with Crippen LogP contribution in [-0.2, 0) is 0 Å². The maximum Gasteiger partial charge on any atom is -0.0162 e. The predicted octanol–water partition coefficient (Wildman–Crippen LogP) is 6.43. The molecule has 1 aliphatic rings. The van der Waals surface area contributed by atoms with Crippen molar-refractivity contribution in [3.8, 4) is 0 Å². The molecule has 0 spiro atoms. The summed E-state index contributed by atoms with van der Waals surface area (Å²) in [6, 6.07) is 9.07. The van der Waals surface area contributed by atoms with E-state index in [2.05, 4.69) is 44.7 Å². The van der Waals surface area contributed by atoms with Crippen molar-refractivity contribution in [1.29, 1.82) is 0 Å². The largest absolute Gasteiger partial charge is 0.0985 e. The van der Waals surface area contributed by atoms with Gasteiger partial charge in [-0.1, -0.05) is 76.5 Å². The average molecular weight is 270 g/mol. The lowest BCUT2D eigenvalue weighted by atomic mass is 9.81. The topological polar surface area (TPSA) is 0 Å². The molecule has 0 radical (unpaired) electrons. The van der Waals surface area contributed by atoms with Gasteiger partial charge in [-0.05, 0) is 48.1 Å². The van der Waals surface area contributed by atoms with Crippen molar-refractivity contribution in [2.75, 3.05) is 0 Å². The molecule has 0 amide bonds. The molecule has 0 nitrogen and oxygen atoms in total. The van der Waals surface area contributed by atoms with Crippen LogP contribution in [0, 0.1) is 11.8 Å². The van der Waals surface area contributed by atoms with Crippen molar-refractivity contribution >= 4 is 6.08 Å². The van der Waals surface area contributed by atoms with Crippen LogP contribution < -0.4 is 0 Å². The molecule has 3 unspecified atom stereocenters. The van der Waals surface area contributed by atoms with E-state index in [9.17, 15) is 0 Å². The molecule has 0 heterocycles. The summed E-state index contributed by atoms with van der Waals surface area (Å²) >= 11 is 0. The van der Waals surface area contributed by atoms with Crippen molar-refractivity contribution in [3.63, 3.8) is 0 Å². The summed E-state index contributed by atoms with van der Waals surface area (Å²) in [7, 11) is 0. The van der Waals surface area contributed by atoms with Gasteiger partial charge in [0.1, 0.15) is 0 Å². The van der Waals surface area contributed by atoms with Crippen LogP contribution in [0.4, 0.5) is 0 Å². The number of hydrogen-bond donors (Lipinski definition) is 0. The Bertz CT molecular complexity index is 401. The first-order chi connectivity index (χ1) is 9.69. The highest BCUT2D eigenvalue weighted by Crippen LogP contribution is 2.33. The predicted molar refractivity (Wildman–Crippen MR) is 89.9 cm³/mol. The van der Waals surface area contributed by atoms with E-state index in [1.165, 1.54) is 56.1 Å². The van der Waals surface area contributed by atoms with Crippen molar-refractivity contribution in [2.24, 2.45) is 11.8 Å². The Labute approximate surface area is 125 Å². The first kappa shape index (κ1) is 15.4. The minimum absolute atomic E-state index is 0.768. The van der Waals surface area contributed by atoms with Crippen molar-refractivity contribution in [3.05, 3.63) is 42.0 Å². The Kier molecular flexibility index (Phi) is 5.88. The van der Waals surface area contributed by atoms with E-state index in [0.29, 0.717) is 0 Å². The fraction of sp³-hybridized carbons (Fsp3) is 0.600. The van der Waals surface area contributed by atoms with E-state index in [0.717, 1.165) is 17.8 Å². The SMILES string of the molecule is C=Cc1ccc(C2CCCCC(C)CC(C)CC2)cc1. The smallest absolute Gasteiger partial charge is 0.0162 e. The molecule has 0 bridgehead atoms. The summed E-state index contributed by atoms with van der Waals surface area (Å²) in [5.41, 5.74) is 2.77. The third-order valence-corrected chi connectivity index (χ3v) is 4.96. The van der Waals surface area contributed by atoms with E-state index >= 15 is 0 Å². The lowest BCUT2D eigenvalue weighted by Crippen LogP contribution is -2.09. The van der Waals surface area contributed by atoms with Crippen molar-refractivity contribution < 1.29 is 0 Å². The van der Waals surface area contributed by atoms with Gasteiger partial charge >= 0.3 is 0 Å². The summed E-state index contributed by atoms with van der Waals surface area (Å²) in [4.78, 5) is 0. The quantitative estimate of drug-likeness (QED) is 0.581. The normalized spacial score (nSPS) is 28.8. The lowest BCUT2D eigenvalue weighted by Gasteiger charge is -2.24. The molecule has 2 rings (SSSR count). The number of benzene rings is 1. The average Bonchev–Trinajstić information content (AvgIpc) is 2.46. The summed E-state index contributed by atoms with van der Waals surface area (Å²) < 4.78 is 0. The second-order valence-electron chi connectivity index (χ2n) is 6.88. The Morgan fingerprint density at radius 2 is 1.55 bits per heavy atom. The second kappa shape index (κ2) is 7.67. The van der Waals surface area contributed by atoms with Crippen LogP contribution in [0.3, 0.4) is 0 Å². The molecule has 0 saturated heterocycles. The second-order valence-corrected chi connectivity index (χ2v) is 6.88. The maximum absolute atomic E-state index is 3.84. The molecular weight excluding hydrogens is 240 g/mol. The molecule has 0 aliphatic heterocycles. The Balaban J connectivity index is 2.02. The minimum Gasteiger partial charge on any atom is -0.0985 e. The van der Waals surface area contributed by atoms with Gasteiger partial charge < -0.3 is 0 Å². The van der Waals surface area contributed by atoms with Crippen molar-refractivity contribution in [1.82, 2.24) is 0 Å². The standard InChI is InChI=1S/C20H30/c1-4-18-10-13-20(14-11-18)19-8-6-5-7-16(2)15-17(3)9-12-19/h4,10-11,13-14,16-17,19H,1,5-9,12,15H2,2-3H3. The van der Waals surface area contributed by atoms with Crippen LogP contribution in [0.25, 0.3) is 6.08 Å². The summed E-state index contributed by atoms with van der Waals surface area (Å²) in [5, 5.41) is 0. The van der Waals surface area contributed by atoms with Gasteiger partial charge in [-0.15, -0.1) is 0 Å². The Morgan fingerprint density at radius 1 is 0.900 bits per heavy atom. The van der Waals surface area contributed by atoms with E-state index in [1.807, 2.05) is 6.08 Å². The van der Waals surface area contributed by atoms with Gasteiger partial charge in [0, 0.05) is 0 Å². The number of rotatable bonds is 2. The zero-order valence-corrected chi connectivity index (χ0v) is 13.3. The molecule has 1 aromatic carbocycles. The molecule has 20 heavy (non-hydrogen) atoms. The Morgan fingerprint density at radius 3 is 2.25 bits per heavy atom. The van der Waals surface area contributed by atoms with E-state index in [4.69, 9.17) is 0 Å². The van der Waals surface area contributed by atoms with E-state index in [-0.39, 0.29) is 0 Å².